The number of carbonyl (C=O) groups is 2. The summed E-state index contributed by atoms with van der Waals surface area (Å²) in [5.74, 6) is -1.27. The van der Waals surface area contributed by atoms with Crippen LogP contribution in [0, 0.1) is 0 Å². The molecule has 0 heterocycles. The summed E-state index contributed by atoms with van der Waals surface area (Å²) < 4.78 is 0. The first-order valence-corrected chi connectivity index (χ1v) is 5.95. The molecule has 4 bridgehead atoms. The molecule has 4 rings (SSSR count). The molecule has 4 N–H and O–H groups in total. The van der Waals surface area contributed by atoms with Gasteiger partial charge in [0.1, 0.15) is 0 Å². The number of hydrogen-bond acceptors (Lipinski definition) is 2. The van der Waals surface area contributed by atoms with Gasteiger partial charge in [0.2, 0.25) is 11.8 Å². The molecule has 2 amide bonds. The van der Waals surface area contributed by atoms with Crippen LogP contribution in [0.25, 0.3) is 22.3 Å². The van der Waals surface area contributed by atoms with Gasteiger partial charge in [0.25, 0.3) is 0 Å². The smallest absolute Gasteiger partial charge is 0.250 e. The molecule has 2 aromatic carbocycles. The third-order valence-electron chi connectivity index (χ3n) is 3.25. The van der Waals surface area contributed by atoms with Crippen LogP contribution in [0.4, 0.5) is 0 Å². The van der Waals surface area contributed by atoms with Crippen LogP contribution in [0.15, 0.2) is 30.3 Å². The van der Waals surface area contributed by atoms with Gasteiger partial charge in [-0.25, -0.2) is 0 Å². The van der Waals surface area contributed by atoms with Crippen LogP contribution >= 0.6 is 11.6 Å². The Hall–Kier alpha value is -2.33. The minimum atomic E-state index is -0.643. The van der Waals surface area contributed by atoms with E-state index in [1.54, 1.807) is 0 Å². The molecule has 0 aliphatic heterocycles. The molecule has 94 valence electrons. The second-order valence-electron chi connectivity index (χ2n) is 4.34. The summed E-state index contributed by atoms with van der Waals surface area (Å²) in [7, 11) is 0. The van der Waals surface area contributed by atoms with Gasteiger partial charge < -0.3 is 11.5 Å². The van der Waals surface area contributed by atoms with Crippen molar-refractivity contribution in [1.82, 2.24) is 0 Å². The zero-order valence-electron chi connectivity index (χ0n) is 9.74. The SMILES string of the molecule is NC(=O)c1cc(Cl)c2c(C(N)=O)c1-c1ccc-2cc1. The van der Waals surface area contributed by atoms with E-state index in [0.29, 0.717) is 16.1 Å². The third kappa shape index (κ3) is 1.54. The van der Waals surface area contributed by atoms with Crippen LogP contribution in [-0.2, 0) is 0 Å². The highest BCUT2D eigenvalue weighted by molar-refractivity contribution is 6.35. The molecule has 5 heteroatoms. The molecule has 0 unspecified atom stereocenters. The van der Waals surface area contributed by atoms with E-state index in [-0.39, 0.29) is 11.1 Å². The number of fused-ring (bicyclic) bond motifs is 2. The Bertz CT molecular complexity index is 736. The fraction of sp³-hybridized carbons (Fsp3) is 0. The Labute approximate surface area is 114 Å². The lowest BCUT2D eigenvalue weighted by molar-refractivity contribution is 0.0999. The summed E-state index contributed by atoms with van der Waals surface area (Å²) >= 11 is 6.18. The van der Waals surface area contributed by atoms with Crippen molar-refractivity contribution < 1.29 is 9.59 Å². The molecular formula is C14H9ClN2O2. The number of nitrogens with two attached hydrogens (primary N) is 2. The molecule has 2 aromatic rings. The number of carbonyl (C=O) groups excluding carboxylic acids is 2. The van der Waals surface area contributed by atoms with Crippen molar-refractivity contribution in [3.63, 3.8) is 0 Å². The molecule has 0 radical (unpaired) electrons. The van der Waals surface area contributed by atoms with Gasteiger partial charge in [-0.1, -0.05) is 35.9 Å². The van der Waals surface area contributed by atoms with E-state index in [0.717, 1.165) is 11.1 Å². The van der Waals surface area contributed by atoms with Gasteiger partial charge in [0.15, 0.2) is 0 Å². The van der Waals surface area contributed by atoms with E-state index in [1.807, 2.05) is 24.3 Å². The van der Waals surface area contributed by atoms with Gasteiger partial charge in [-0.05, 0) is 17.2 Å². The standard InChI is InChI=1S/C14H9ClN2O2/c15-9-5-8(13(16)18)10-6-1-3-7(4-2-6)11(9)12(10)14(17)19/h1-5H,(H2,16,18)(H2,17,19). The van der Waals surface area contributed by atoms with Crippen molar-refractivity contribution in [3.8, 4) is 22.3 Å². The molecule has 0 saturated carbocycles. The average Bonchev–Trinajstić information content (AvgIpc) is 2.57. The third-order valence-corrected chi connectivity index (χ3v) is 3.55. The lowest BCUT2D eigenvalue weighted by Crippen LogP contribution is -2.19. The van der Waals surface area contributed by atoms with Crippen molar-refractivity contribution in [2.75, 3.05) is 0 Å². The Morgan fingerprint density at radius 2 is 1.42 bits per heavy atom. The number of amides is 2. The molecule has 0 saturated heterocycles. The second kappa shape index (κ2) is 3.83. The van der Waals surface area contributed by atoms with Crippen molar-refractivity contribution in [3.05, 3.63) is 46.5 Å². The molecule has 19 heavy (non-hydrogen) atoms. The Balaban J connectivity index is 2.57. The monoisotopic (exact) mass is 272 g/mol. The average molecular weight is 273 g/mol. The quantitative estimate of drug-likeness (QED) is 0.749. The second-order valence-corrected chi connectivity index (χ2v) is 4.74. The molecule has 4 nitrogen and oxygen atoms in total. The Kier molecular flexibility index (Phi) is 2.37. The van der Waals surface area contributed by atoms with Gasteiger partial charge >= 0.3 is 0 Å². The first-order valence-electron chi connectivity index (χ1n) is 5.57. The van der Waals surface area contributed by atoms with E-state index in [1.165, 1.54) is 6.07 Å². The molecule has 0 fully saturated rings. The molecule has 0 spiro atoms. The number of primary amides is 2. The van der Waals surface area contributed by atoms with Crippen LogP contribution in [0.2, 0.25) is 5.02 Å². The van der Waals surface area contributed by atoms with Crippen molar-refractivity contribution in [1.29, 1.82) is 0 Å². The highest BCUT2D eigenvalue weighted by Crippen LogP contribution is 2.43. The fourth-order valence-electron chi connectivity index (χ4n) is 2.48. The maximum Gasteiger partial charge on any atom is 0.250 e. The van der Waals surface area contributed by atoms with E-state index in [9.17, 15) is 9.59 Å². The highest BCUT2D eigenvalue weighted by Gasteiger charge is 2.27. The fourth-order valence-corrected chi connectivity index (χ4v) is 2.79. The summed E-state index contributed by atoms with van der Waals surface area (Å²) in [5, 5.41) is 0.291. The maximum atomic E-state index is 11.8. The zero-order valence-corrected chi connectivity index (χ0v) is 10.5. The maximum absolute atomic E-state index is 11.8. The van der Waals surface area contributed by atoms with Crippen LogP contribution in [-0.4, -0.2) is 11.8 Å². The van der Waals surface area contributed by atoms with Crippen LogP contribution in [0.3, 0.4) is 0 Å². The van der Waals surface area contributed by atoms with Gasteiger partial charge in [-0.3, -0.25) is 9.59 Å². The van der Waals surface area contributed by atoms with Crippen molar-refractivity contribution in [2.45, 2.75) is 0 Å². The number of rotatable bonds is 2. The van der Waals surface area contributed by atoms with E-state index in [2.05, 4.69) is 0 Å². The lowest BCUT2D eigenvalue weighted by Gasteiger charge is -2.13. The normalized spacial score (nSPS) is 11.2. The largest absolute Gasteiger partial charge is 0.366 e. The van der Waals surface area contributed by atoms with Crippen molar-refractivity contribution in [2.24, 2.45) is 11.5 Å². The van der Waals surface area contributed by atoms with Gasteiger partial charge in [0, 0.05) is 16.7 Å². The van der Waals surface area contributed by atoms with E-state index >= 15 is 0 Å². The van der Waals surface area contributed by atoms with E-state index < -0.39 is 11.8 Å². The minimum absolute atomic E-state index is 0.204. The lowest BCUT2D eigenvalue weighted by atomic mass is 9.92. The first-order chi connectivity index (χ1) is 9.00. The van der Waals surface area contributed by atoms with Gasteiger partial charge in [-0.2, -0.15) is 0 Å². The predicted molar refractivity (Wildman–Crippen MR) is 72.9 cm³/mol. The minimum Gasteiger partial charge on any atom is -0.366 e. The van der Waals surface area contributed by atoms with E-state index in [4.69, 9.17) is 23.1 Å². The van der Waals surface area contributed by atoms with Crippen LogP contribution < -0.4 is 11.5 Å². The number of hydrogen-bond donors (Lipinski definition) is 2. The molecule has 0 aromatic heterocycles. The summed E-state index contributed by atoms with van der Waals surface area (Å²) in [6.45, 7) is 0. The van der Waals surface area contributed by atoms with Gasteiger partial charge in [0.05, 0.1) is 10.6 Å². The number of halogens is 1. The van der Waals surface area contributed by atoms with Crippen LogP contribution in [0.1, 0.15) is 20.7 Å². The molecule has 2 aliphatic carbocycles. The topological polar surface area (TPSA) is 86.2 Å². The van der Waals surface area contributed by atoms with Crippen LogP contribution in [0.5, 0.6) is 0 Å². The predicted octanol–water partition coefficient (Wildman–Crippen LogP) is 2.19. The number of benzene rings is 2. The highest BCUT2D eigenvalue weighted by atomic mass is 35.5. The summed E-state index contributed by atoms with van der Waals surface area (Å²) in [6.07, 6.45) is 0. The zero-order chi connectivity index (χ0) is 13.7. The summed E-state index contributed by atoms with van der Waals surface area (Å²) in [6, 6.07) is 8.78. The van der Waals surface area contributed by atoms with Gasteiger partial charge in [-0.15, -0.1) is 0 Å². The molecular weight excluding hydrogens is 264 g/mol. The van der Waals surface area contributed by atoms with Crippen molar-refractivity contribution >= 4 is 23.4 Å². The first kappa shape index (κ1) is 11.7. The summed E-state index contributed by atoms with van der Waals surface area (Å²) in [5.41, 5.74) is 13.8. The molecule has 0 atom stereocenters. The Morgan fingerprint density at radius 1 is 0.895 bits per heavy atom. The summed E-state index contributed by atoms with van der Waals surface area (Å²) in [4.78, 5) is 23.3. The Morgan fingerprint density at radius 3 is 1.89 bits per heavy atom. The molecule has 2 aliphatic rings.